The van der Waals surface area contributed by atoms with Crippen molar-refractivity contribution in [2.24, 2.45) is 23.7 Å². The molecule has 1 heterocycles. The quantitative estimate of drug-likeness (QED) is 0.101. The van der Waals surface area contributed by atoms with Gasteiger partial charge in [0.2, 0.25) is 0 Å². The van der Waals surface area contributed by atoms with E-state index in [9.17, 15) is 4.57 Å². The van der Waals surface area contributed by atoms with Crippen LogP contribution in [0.25, 0.3) is 100 Å². The average Bonchev–Trinajstić information content (AvgIpc) is 3.56. The normalized spacial score (nSPS) is 19.8. The second-order valence-electron chi connectivity index (χ2n) is 22.3. The summed E-state index contributed by atoms with van der Waals surface area (Å²) in [6, 6.07) is 83.6. The molecular weight excluding hydrogens is 942 g/mol. The molecule has 0 aliphatic heterocycles. The van der Waals surface area contributed by atoms with Crippen LogP contribution in [0.2, 0.25) is 0 Å². The lowest BCUT2D eigenvalue weighted by atomic mass is 9.42. The Bertz CT molecular complexity index is 3850. The Morgan fingerprint density at radius 1 is 0.342 bits per heavy atom. The molecule has 0 amide bonds. The van der Waals surface area contributed by atoms with Crippen LogP contribution in [0.3, 0.4) is 0 Å². The summed E-state index contributed by atoms with van der Waals surface area (Å²) >= 11 is 0. The van der Waals surface area contributed by atoms with E-state index in [1.165, 1.54) is 81.5 Å². The molecule has 4 nitrogen and oxygen atoms in total. The van der Waals surface area contributed by atoms with Crippen LogP contribution < -0.4 is 5.30 Å². The molecule has 15 rings (SSSR count). The summed E-state index contributed by atoms with van der Waals surface area (Å²) < 4.78 is 13.0. The topological polar surface area (TPSA) is 55.7 Å². The van der Waals surface area contributed by atoms with Gasteiger partial charge in [0.05, 0.1) is 0 Å². The van der Waals surface area contributed by atoms with E-state index in [0.29, 0.717) is 29.3 Å². The second kappa shape index (κ2) is 18.7. The van der Waals surface area contributed by atoms with Gasteiger partial charge in [-0.2, -0.15) is 0 Å². The highest BCUT2D eigenvalue weighted by molar-refractivity contribution is 7.70. The van der Waals surface area contributed by atoms with Crippen LogP contribution in [0.1, 0.15) is 43.2 Å². The SMILES string of the molecule is CP(C)(=O)c1ccc(-c2c3ccccc3c(-c3ccc(C4(c5ccc(-c6nc(-c7cccc(-c8ccccc8)c7)nc(-c7cccc(-c8ccccc8)c7)n6)cc5)C5CC6CC(C5)CC4C6)cc3)c3ccccc23)cc1. The molecule has 10 aromatic carbocycles. The maximum Gasteiger partial charge on any atom is 0.164 e. The van der Waals surface area contributed by atoms with E-state index in [1.54, 1.807) is 0 Å². The summed E-state index contributed by atoms with van der Waals surface area (Å²) in [5.74, 6) is 4.76. The Kier molecular flexibility index (Phi) is 11.4. The maximum absolute atomic E-state index is 13.0. The van der Waals surface area contributed by atoms with E-state index in [-0.39, 0.29) is 5.41 Å². The molecule has 4 aliphatic rings. The van der Waals surface area contributed by atoms with Crippen molar-refractivity contribution in [1.82, 2.24) is 15.0 Å². The van der Waals surface area contributed by atoms with E-state index in [0.717, 1.165) is 61.6 Å². The Balaban J connectivity index is 0.873. The molecule has 4 fully saturated rings. The molecule has 0 unspecified atom stereocenters. The van der Waals surface area contributed by atoms with Gasteiger partial charge in [-0.3, -0.25) is 0 Å². The molecule has 11 aromatic rings. The highest BCUT2D eigenvalue weighted by Crippen LogP contribution is 2.65. The molecule has 368 valence electrons. The van der Waals surface area contributed by atoms with Crippen molar-refractivity contribution in [3.8, 4) is 78.7 Å². The van der Waals surface area contributed by atoms with Crippen LogP contribution in [0.15, 0.2) is 231 Å². The van der Waals surface area contributed by atoms with Gasteiger partial charge in [-0.25, -0.2) is 15.0 Å². The Hall–Kier alpha value is -8.04. The number of aromatic nitrogens is 3. The summed E-state index contributed by atoms with van der Waals surface area (Å²) in [6.07, 6.45) is 6.53. The maximum atomic E-state index is 13.0. The van der Waals surface area contributed by atoms with Gasteiger partial charge in [0, 0.05) is 27.4 Å². The van der Waals surface area contributed by atoms with Gasteiger partial charge in [-0.1, -0.05) is 218 Å². The van der Waals surface area contributed by atoms with Crippen molar-refractivity contribution >= 4 is 34.0 Å². The molecule has 76 heavy (non-hydrogen) atoms. The molecule has 0 radical (unpaired) electrons. The highest BCUT2D eigenvalue weighted by atomic mass is 31.2. The number of hydrogen-bond donors (Lipinski definition) is 0. The van der Waals surface area contributed by atoms with Gasteiger partial charge >= 0.3 is 0 Å². The van der Waals surface area contributed by atoms with Gasteiger partial charge in [0.25, 0.3) is 0 Å². The van der Waals surface area contributed by atoms with Crippen LogP contribution in [-0.2, 0) is 9.98 Å². The smallest absolute Gasteiger partial charge is 0.164 e. The molecule has 0 saturated heterocycles. The van der Waals surface area contributed by atoms with E-state index in [2.05, 4.69) is 231 Å². The first-order valence-electron chi connectivity index (χ1n) is 27.1. The third-order valence-electron chi connectivity index (χ3n) is 17.5. The minimum absolute atomic E-state index is 0.100. The zero-order valence-electron chi connectivity index (χ0n) is 43.0. The summed E-state index contributed by atoms with van der Waals surface area (Å²) in [6.45, 7) is 3.69. The monoisotopic (exact) mass is 999 g/mol. The largest absolute Gasteiger partial charge is 0.319 e. The van der Waals surface area contributed by atoms with E-state index < -0.39 is 7.14 Å². The molecule has 4 aliphatic carbocycles. The zero-order chi connectivity index (χ0) is 51.0. The van der Waals surface area contributed by atoms with Crippen LogP contribution >= 0.6 is 7.14 Å². The first-order valence-corrected chi connectivity index (χ1v) is 29.7. The van der Waals surface area contributed by atoms with Crippen molar-refractivity contribution in [2.45, 2.75) is 37.5 Å². The van der Waals surface area contributed by atoms with E-state index >= 15 is 0 Å². The Morgan fingerprint density at radius 3 is 1.09 bits per heavy atom. The van der Waals surface area contributed by atoms with E-state index in [4.69, 9.17) is 15.0 Å². The lowest BCUT2D eigenvalue weighted by molar-refractivity contribution is -0.0418. The molecular formula is C71H58N3OP. The number of hydrogen-bond acceptors (Lipinski definition) is 4. The fraction of sp³-hybridized carbons (Fsp3) is 0.169. The van der Waals surface area contributed by atoms with Gasteiger partial charge in [0.15, 0.2) is 17.5 Å². The highest BCUT2D eigenvalue weighted by Gasteiger charge is 2.58. The van der Waals surface area contributed by atoms with E-state index in [1.807, 2.05) is 13.3 Å². The van der Waals surface area contributed by atoms with Crippen molar-refractivity contribution in [3.05, 3.63) is 242 Å². The number of fused-ring (bicyclic) bond motifs is 2. The molecule has 1 aromatic heterocycles. The lowest BCUT2D eigenvalue weighted by Crippen LogP contribution is -2.56. The number of nitrogens with zero attached hydrogens (tertiary/aromatic N) is 3. The zero-order valence-corrected chi connectivity index (χ0v) is 43.9. The van der Waals surface area contributed by atoms with Crippen molar-refractivity contribution < 1.29 is 4.57 Å². The third kappa shape index (κ3) is 8.05. The predicted molar refractivity (Wildman–Crippen MR) is 316 cm³/mol. The summed E-state index contributed by atoms with van der Waals surface area (Å²) in [7, 11) is -2.38. The molecule has 4 bridgehead atoms. The van der Waals surface area contributed by atoms with Gasteiger partial charge in [-0.15, -0.1) is 0 Å². The predicted octanol–water partition coefficient (Wildman–Crippen LogP) is 17.8. The Labute approximate surface area is 446 Å². The van der Waals surface area contributed by atoms with Gasteiger partial charge in [0.1, 0.15) is 7.14 Å². The number of rotatable bonds is 10. The minimum atomic E-state index is -2.38. The summed E-state index contributed by atoms with van der Waals surface area (Å²) in [5, 5.41) is 5.83. The average molecular weight is 1000 g/mol. The third-order valence-corrected chi connectivity index (χ3v) is 19.0. The summed E-state index contributed by atoms with van der Waals surface area (Å²) in [4.78, 5) is 15.8. The molecule has 4 saturated carbocycles. The lowest BCUT2D eigenvalue weighted by Gasteiger charge is -2.62. The number of benzene rings is 10. The first kappa shape index (κ1) is 46.5. The molecule has 5 heteroatoms. The minimum Gasteiger partial charge on any atom is -0.319 e. The van der Waals surface area contributed by atoms with Crippen LogP contribution in [0.4, 0.5) is 0 Å². The Morgan fingerprint density at radius 2 is 0.684 bits per heavy atom. The fourth-order valence-corrected chi connectivity index (χ4v) is 15.1. The first-order chi connectivity index (χ1) is 37.2. The van der Waals surface area contributed by atoms with Crippen molar-refractivity contribution in [3.63, 3.8) is 0 Å². The van der Waals surface area contributed by atoms with Crippen molar-refractivity contribution in [1.29, 1.82) is 0 Å². The molecule has 0 atom stereocenters. The van der Waals surface area contributed by atoms with Crippen molar-refractivity contribution in [2.75, 3.05) is 13.3 Å². The fourth-order valence-electron chi connectivity index (χ4n) is 14.3. The standard InChI is InChI=1S/C71H58N3OP/c1-76(2,75)61-37-31-51(32-38-61)67-64-25-11-9-23-62(64)66(63-24-10-12-26-65(63)67)50-27-33-57(34-28-50)71(59-40-46-39-47(42-59)43-60(71)41-46)58-35-29-52(30-36-58)68-72-69(55-21-13-19-53(44-55)48-15-5-3-6-16-48)74-70(73-68)56-22-14-20-54(45-56)49-17-7-4-8-18-49/h3-38,44-47,59-60H,39-43H2,1-2H3. The molecule has 0 spiro atoms. The van der Waals surface area contributed by atoms with Gasteiger partial charge < -0.3 is 4.57 Å². The summed E-state index contributed by atoms with van der Waals surface area (Å²) in [5.41, 5.74) is 15.0. The molecule has 0 N–H and O–H groups in total. The second-order valence-corrected chi connectivity index (χ2v) is 25.5. The van der Waals surface area contributed by atoms with Crippen LogP contribution in [0, 0.1) is 23.7 Å². The van der Waals surface area contributed by atoms with Crippen LogP contribution in [0.5, 0.6) is 0 Å². The van der Waals surface area contributed by atoms with Gasteiger partial charge in [-0.05, 0) is 158 Å². The van der Waals surface area contributed by atoms with Crippen LogP contribution in [-0.4, -0.2) is 28.3 Å².